The average Bonchev–Trinajstić information content (AvgIpc) is 3.54. The van der Waals surface area contributed by atoms with E-state index in [-0.39, 0.29) is 18.2 Å². The number of rotatable bonds is 9. The van der Waals surface area contributed by atoms with Gasteiger partial charge >= 0.3 is 0 Å². The van der Waals surface area contributed by atoms with Gasteiger partial charge in [0.1, 0.15) is 16.8 Å². The van der Waals surface area contributed by atoms with E-state index >= 15 is 0 Å². The number of anilines is 1. The minimum atomic E-state index is -0.572. The van der Waals surface area contributed by atoms with Crippen LogP contribution in [-0.4, -0.2) is 39.9 Å². The van der Waals surface area contributed by atoms with Gasteiger partial charge < -0.3 is 9.73 Å². The third-order valence-corrected chi connectivity index (χ3v) is 7.09. The van der Waals surface area contributed by atoms with Crippen molar-refractivity contribution in [2.24, 2.45) is 10.2 Å². The molecule has 0 bridgehead atoms. The Morgan fingerprint density at radius 3 is 2.34 bits per heavy atom. The minimum Gasteiger partial charge on any atom is -0.455 e. The zero-order valence-electron chi connectivity index (χ0n) is 20.6. The van der Waals surface area contributed by atoms with E-state index in [1.165, 1.54) is 18.0 Å². The second-order valence-electron chi connectivity index (χ2n) is 8.65. The molecule has 3 aromatic carbocycles. The number of thioether (sulfide) groups is 1. The van der Waals surface area contributed by atoms with Crippen molar-refractivity contribution in [2.45, 2.75) is 18.1 Å². The Balaban J connectivity index is 1.29. The maximum Gasteiger partial charge on any atom is 0.242 e. The molecule has 0 saturated carbocycles. The molecular formula is C30H26N4O3S. The highest BCUT2D eigenvalue weighted by atomic mass is 32.2. The fourth-order valence-corrected chi connectivity index (χ4v) is 5.14. The van der Waals surface area contributed by atoms with E-state index < -0.39 is 5.25 Å². The van der Waals surface area contributed by atoms with Crippen molar-refractivity contribution >= 4 is 40.6 Å². The monoisotopic (exact) mass is 522 g/mol. The zero-order valence-corrected chi connectivity index (χ0v) is 21.4. The molecular weight excluding hydrogens is 496 g/mol. The number of amidine groups is 1. The summed E-state index contributed by atoms with van der Waals surface area (Å²) in [7, 11) is 0. The van der Waals surface area contributed by atoms with Crippen LogP contribution in [-0.2, 0) is 16.0 Å². The molecule has 1 saturated heterocycles. The molecule has 1 fully saturated rings. The third-order valence-electron chi connectivity index (χ3n) is 5.93. The summed E-state index contributed by atoms with van der Waals surface area (Å²) in [6.07, 6.45) is 2.23. The van der Waals surface area contributed by atoms with Gasteiger partial charge in [0.15, 0.2) is 5.17 Å². The molecule has 2 amide bonds. The van der Waals surface area contributed by atoms with E-state index in [2.05, 4.69) is 15.5 Å². The Kier molecular flexibility index (Phi) is 8.10. The number of carbonyl (C=O) groups excluding carboxylic acids is 2. The summed E-state index contributed by atoms with van der Waals surface area (Å²) in [4.78, 5) is 27.6. The van der Waals surface area contributed by atoms with Gasteiger partial charge in [-0.25, -0.2) is 0 Å². The van der Waals surface area contributed by atoms with Crippen LogP contribution in [0.1, 0.15) is 17.7 Å². The van der Waals surface area contributed by atoms with Crippen LogP contribution >= 0.6 is 11.8 Å². The van der Waals surface area contributed by atoms with E-state index in [9.17, 15) is 9.59 Å². The Hall–Kier alpha value is -4.43. The fourth-order valence-electron chi connectivity index (χ4n) is 4.02. The number of amides is 2. The first-order chi connectivity index (χ1) is 18.7. The van der Waals surface area contributed by atoms with Gasteiger partial charge in [-0.2, -0.15) is 5.10 Å². The van der Waals surface area contributed by atoms with Crippen molar-refractivity contribution < 1.29 is 14.0 Å². The largest absolute Gasteiger partial charge is 0.455 e. The number of para-hydroxylation sites is 1. The van der Waals surface area contributed by atoms with E-state index in [1.54, 1.807) is 4.90 Å². The lowest BCUT2D eigenvalue weighted by molar-refractivity contribution is -0.128. The Bertz CT molecular complexity index is 1440. The molecule has 0 aliphatic carbocycles. The first-order valence-corrected chi connectivity index (χ1v) is 13.2. The molecule has 1 N–H and O–H groups in total. The first kappa shape index (κ1) is 25.2. The van der Waals surface area contributed by atoms with E-state index in [1.807, 2.05) is 103 Å². The Morgan fingerprint density at radius 2 is 1.61 bits per heavy atom. The topological polar surface area (TPSA) is 87.3 Å². The van der Waals surface area contributed by atoms with Crippen LogP contribution in [0.25, 0.3) is 11.3 Å². The number of furan rings is 1. The number of benzene rings is 3. The number of hydrogen-bond acceptors (Lipinski definition) is 6. The summed E-state index contributed by atoms with van der Waals surface area (Å²) in [5.74, 6) is 0.919. The molecule has 0 radical (unpaired) electrons. The van der Waals surface area contributed by atoms with Gasteiger partial charge in [0.05, 0.1) is 6.21 Å². The third kappa shape index (κ3) is 6.46. The average molecular weight is 523 g/mol. The first-order valence-electron chi connectivity index (χ1n) is 12.3. The van der Waals surface area contributed by atoms with Crippen molar-refractivity contribution in [3.05, 3.63) is 114 Å². The molecule has 190 valence electrons. The van der Waals surface area contributed by atoms with Gasteiger partial charge in [0.2, 0.25) is 11.8 Å². The van der Waals surface area contributed by atoms with Crippen LogP contribution in [0.2, 0.25) is 0 Å². The Labute approximate surface area is 225 Å². The lowest BCUT2D eigenvalue weighted by atomic mass is 10.1. The van der Waals surface area contributed by atoms with Gasteiger partial charge in [-0.3, -0.25) is 14.5 Å². The number of carbonyl (C=O) groups is 2. The number of nitrogens with one attached hydrogen (secondary N) is 1. The summed E-state index contributed by atoms with van der Waals surface area (Å²) in [6.45, 7) is 0.444. The van der Waals surface area contributed by atoms with E-state index in [0.717, 1.165) is 16.9 Å². The van der Waals surface area contributed by atoms with Crippen molar-refractivity contribution in [1.82, 2.24) is 4.90 Å². The predicted octanol–water partition coefficient (Wildman–Crippen LogP) is 5.85. The molecule has 8 heteroatoms. The molecule has 38 heavy (non-hydrogen) atoms. The number of hydrogen-bond donors (Lipinski definition) is 1. The van der Waals surface area contributed by atoms with Crippen LogP contribution in [0.15, 0.2) is 118 Å². The van der Waals surface area contributed by atoms with Crippen LogP contribution in [0.4, 0.5) is 5.69 Å². The van der Waals surface area contributed by atoms with E-state index in [0.29, 0.717) is 29.6 Å². The van der Waals surface area contributed by atoms with Gasteiger partial charge in [0.25, 0.3) is 0 Å². The smallest absolute Gasteiger partial charge is 0.242 e. The summed E-state index contributed by atoms with van der Waals surface area (Å²) < 4.78 is 5.86. The SMILES string of the molecule is O=C(CC1S/C(=N\N=C\c2ccc(-c3ccccc3)o2)N(CCc2ccccc2)C1=O)Nc1ccccc1. The molecule has 1 aromatic heterocycles. The molecule has 1 atom stereocenters. The quantitative estimate of drug-likeness (QED) is 0.221. The molecule has 2 heterocycles. The second-order valence-corrected chi connectivity index (χ2v) is 9.82. The highest BCUT2D eigenvalue weighted by Gasteiger charge is 2.39. The van der Waals surface area contributed by atoms with E-state index in [4.69, 9.17) is 4.42 Å². The second kappa shape index (κ2) is 12.2. The summed E-state index contributed by atoms with van der Waals surface area (Å²) >= 11 is 1.26. The maximum atomic E-state index is 13.3. The maximum absolute atomic E-state index is 13.3. The summed E-state index contributed by atoms with van der Waals surface area (Å²) in [6, 6.07) is 32.6. The van der Waals surface area contributed by atoms with Crippen LogP contribution < -0.4 is 5.32 Å². The van der Waals surface area contributed by atoms with Crippen LogP contribution in [0, 0.1) is 0 Å². The van der Waals surface area contributed by atoms with Crippen LogP contribution in [0.3, 0.4) is 0 Å². The predicted molar refractivity (Wildman–Crippen MR) is 152 cm³/mol. The standard InChI is InChI=1S/C30H26N4O3S/c35-28(32-24-14-8-3-9-15-24)20-27-29(36)34(19-18-22-10-4-1-5-11-22)30(38-27)33-31-21-25-16-17-26(37-25)23-12-6-2-7-13-23/h1-17,21,27H,18-20H2,(H,32,35)/b31-21+,33-30-. The molecule has 7 nitrogen and oxygen atoms in total. The summed E-state index contributed by atoms with van der Waals surface area (Å²) in [5.41, 5.74) is 2.78. The normalized spacial score (nSPS) is 16.4. The summed E-state index contributed by atoms with van der Waals surface area (Å²) in [5, 5.41) is 11.3. The molecule has 5 rings (SSSR count). The number of nitrogens with zero attached hydrogens (tertiary/aromatic N) is 3. The minimum absolute atomic E-state index is 0.0432. The van der Waals surface area contributed by atoms with Gasteiger partial charge in [-0.1, -0.05) is 90.6 Å². The highest BCUT2D eigenvalue weighted by Crippen LogP contribution is 2.30. The van der Waals surface area contributed by atoms with Crippen molar-refractivity contribution in [1.29, 1.82) is 0 Å². The van der Waals surface area contributed by atoms with Crippen molar-refractivity contribution in [3.8, 4) is 11.3 Å². The zero-order chi connectivity index (χ0) is 26.2. The van der Waals surface area contributed by atoms with Crippen molar-refractivity contribution in [2.75, 3.05) is 11.9 Å². The molecule has 4 aromatic rings. The lowest BCUT2D eigenvalue weighted by Gasteiger charge is -2.15. The van der Waals surface area contributed by atoms with Gasteiger partial charge in [-0.05, 0) is 36.2 Å². The van der Waals surface area contributed by atoms with Crippen molar-refractivity contribution in [3.63, 3.8) is 0 Å². The molecule has 1 aliphatic heterocycles. The van der Waals surface area contributed by atoms with Crippen LogP contribution in [0.5, 0.6) is 0 Å². The molecule has 1 unspecified atom stereocenters. The van der Waals surface area contributed by atoms with Gasteiger partial charge in [-0.15, -0.1) is 5.10 Å². The molecule has 0 spiro atoms. The fraction of sp³-hybridized carbons (Fsp3) is 0.133. The highest BCUT2D eigenvalue weighted by molar-refractivity contribution is 8.15. The lowest BCUT2D eigenvalue weighted by Crippen LogP contribution is -2.35. The Morgan fingerprint density at radius 1 is 0.921 bits per heavy atom. The van der Waals surface area contributed by atoms with Gasteiger partial charge in [0, 0.05) is 24.2 Å². The molecule has 1 aliphatic rings.